The fourth-order valence-corrected chi connectivity index (χ4v) is 4.64. The lowest BCUT2D eigenvalue weighted by atomic mass is 10.1. The van der Waals surface area contributed by atoms with Gasteiger partial charge in [-0.2, -0.15) is 5.10 Å². The van der Waals surface area contributed by atoms with E-state index in [1.165, 1.54) is 6.33 Å². The molecule has 0 saturated heterocycles. The SMILES string of the molecule is CCOC(=N)c1cnc2c(c1)c(-c1ccoc1)cn2C.CI.Cn1cc(-c2ccoc2)c2cc(-c3ncn[nH]3)cnc21.NNC=O. The maximum Gasteiger partial charge on any atom is 0.221 e. The van der Waals surface area contributed by atoms with Crippen molar-refractivity contribution < 1.29 is 18.4 Å². The number of hydrazine groups is 1. The van der Waals surface area contributed by atoms with Crippen LogP contribution in [0.1, 0.15) is 12.5 Å². The van der Waals surface area contributed by atoms with Gasteiger partial charge in [0, 0.05) is 77.5 Å². The van der Waals surface area contributed by atoms with E-state index in [0.29, 0.717) is 24.4 Å². The molecule has 0 atom stereocenters. The van der Waals surface area contributed by atoms with Gasteiger partial charge in [0.15, 0.2) is 5.82 Å². The molecular formula is C31H33IN10O4. The van der Waals surface area contributed by atoms with E-state index >= 15 is 0 Å². The summed E-state index contributed by atoms with van der Waals surface area (Å²) in [5, 5.41) is 16.6. The quantitative estimate of drug-likeness (QED) is 0.0251. The Balaban J connectivity index is 0.000000179. The number of hydrogen-bond donors (Lipinski definition) is 4. The van der Waals surface area contributed by atoms with Gasteiger partial charge < -0.3 is 22.7 Å². The molecule has 0 aliphatic carbocycles. The number of alkyl halides is 1. The van der Waals surface area contributed by atoms with E-state index < -0.39 is 0 Å². The summed E-state index contributed by atoms with van der Waals surface area (Å²) in [6, 6.07) is 7.85. The first-order chi connectivity index (χ1) is 22.4. The zero-order valence-corrected chi connectivity index (χ0v) is 27.7. The van der Waals surface area contributed by atoms with Crippen molar-refractivity contribution in [2.45, 2.75) is 6.92 Å². The largest absolute Gasteiger partial charge is 0.478 e. The molecule has 0 unspecified atom stereocenters. The first-order valence-electron chi connectivity index (χ1n) is 13.7. The van der Waals surface area contributed by atoms with Crippen molar-refractivity contribution in [1.82, 2.24) is 39.7 Å². The van der Waals surface area contributed by atoms with Gasteiger partial charge >= 0.3 is 0 Å². The van der Waals surface area contributed by atoms with Crippen molar-refractivity contribution in [2.75, 3.05) is 11.5 Å². The van der Waals surface area contributed by atoms with Gasteiger partial charge in [-0.05, 0) is 36.1 Å². The minimum absolute atomic E-state index is 0.142. The van der Waals surface area contributed by atoms with Crippen LogP contribution in [-0.4, -0.2) is 58.1 Å². The lowest BCUT2D eigenvalue weighted by Crippen LogP contribution is -2.18. The first-order valence-corrected chi connectivity index (χ1v) is 15.9. The number of carbonyl (C=O) groups is 1. The van der Waals surface area contributed by atoms with Gasteiger partial charge in [-0.3, -0.25) is 20.7 Å². The van der Waals surface area contributed by atoms with Crippen molar-refractivity contribution in [3.05, 3.63) is 86.0 Å². The molecule has 238 valence electrons. The van der Waals surface area contributed by atoms with E-state index in [1.54, 1.807) is 42.9 Å². The van der Waals surface area contributed by atoms with E-state index in [1.807, 2.05) is 65.7 Å². The fourth-order valence-electron chi connectivity index (χ4n) is 4.64. The van der Waals surface area contributed by atoms with Crippen LogP contribution in [0.2, 0.25) is 0 Å². The number of amides is 1. The number of rotatable bonds is 6. The molecule has 0 aromatic carbocycles. The van der Waals surface area contributed by atoms with E-state index in [2.05, 4.69) is 59.6 Å². The Morgan fingerprint density at radius 1 is 0.978 bits per heavy atom. The maximum absolute atomic E-state index is 8.94. The average molecular weight is 737 g/mol. The molecule has 0 bridgehead atoms. The Bertz CT molecular complexity index is 1980. The summed E-state index contributed by atoms with van der Waals surface area (Å²) >= 11 is 2.15. The van der Waals surface area contributed by atoms with Crippen LogP contribution < -0.4 is 11.3 Å². The molecular weight excluding hydrogens is 703 g/mol. The Morgan fingerprint density at radius 3 is 2.02 bits per heavy atom. The number of hydrogen-bond acceptors (Lipinski definition) is 10. The van der Waals surface area contributed by atoms with Gasteiger partial charge in [0.2, 0.25) is 12.3 Å². The normalized spacial score (nSPS) is 10.2. The summed E-state index contributed by atoms with van der Waals surface area (Å²) in [7, 11) is 3.93. The third-order valence-corrected chi connectivity index (χ3v) is 6.60. The van der Waals surface area contributed by atoms with Crippen LogP contribution in [0.25, 0.3) is 55.7 Å². The van der Waals surface area contributed by atoms with Crippen molar-refractivity contribution in [3.63, 3.8) is 0 Å². The van der Waals surface area contributed by atoms with Gasteiger partial charge in [-0.15, -0.1) is 0 Å². The van der Waals surface area contributed by atoms with Gasteiger partial charge in [0.25, 0.3) is 0 Å². The van der Waals surface area contributed by atoms with Crippen LogP contribution in [0.3, 0.4) is 0 Å². The summed E-state index contributed by atoms with van der Waals surface area (Å²) in [5.41, 5.74) is 9.28. The maximum atomic E-state index is 8.94. The monoisotopic (exact) mass is 736 g/mol. The van der Waals surface area contributed by atoms with Crippen LogP contribution in [-0.2, 0) is 23.6 Å². The zero-order chi connectivity index (χ0) is 33.1. The van der Waals surface area contributed by atoms with Crippen molar-refractivity contribution in [3.8, 4) is 33.6 Å². The Hall–Kier alpha value is -5.29. The van der Waals surface area contributed by atoms with Crippen LogP contribution in [0.4, 0.5) is 0 Å². The fraction of sp³-hybridized carbons (Fsp3) is 0.161. The lowest BCUT2D eigenvalue weighted by Gasteiger charge is -2.05. The van der Waals surface area contributed by atoms with E-state index in [-0.39, 0.29) is 5.90 Å². The number of aromatic amines is 1. The zero-order valence-electron chi connectivity index (χ0n) is 25.6. The highest BCUT2D eigenvalue weighted by Gasteiger charge is 2.14. The molecule has 7 heterocycles. The third kappa shape index (κ3) is 7.49. The summed E-state index contributed by atoms with van der Waals surface area (Å²) in [5.74, 6) is 5.26. The molecule has 7 rings (SSSR count). The first kappa shape index (κ1) is 33.6. The van der Waals surface area contributed by atoms with Gasteiger partial charge in [0.05, 0.1) is 37.2 Å². The second-order valence-corrected chi connectivity index (χ2v) is 9.40. The minimum atomic E-state index is 0.142. The molecule has 7 aromatic heterocycles. The highest BCUT2D eigenvalue weighted by molar-refractivity contribution is 14.1. The number of furan rings is 2. The Morgan fingerprint density at radius 2 is 1.54 bits per heavy atom. The van der Waals surface area contributed by atoms with Crippen LogP contribution in [0.15, 0.2) is 89.3 Å². The van der Waals surface area contributed by atoms with E-state index in [4.69, 9.17) is 23.8 Å². The molecule has 15 heteroatoms. The number of fused-ring (bicyclic) bond motifs is 2. The second kappa shape index (κ2) is 16.1. The number of nitrogens with two attached hydrogens (primary N) is 1. The second-order valence-electron chi connectivity index (χ2n) is 9.40. The smallest absolute Gasteiger partial charge is 0.221 e. The van der Waals surface area contributed by atoms with Gasteiger partial charge in [-0.25, -0.2) is 20.8 Å². The number of aryl methyl sites for hydroxylation is 2. The standard InChI is InChI=1S/C15H15N3O2.C14H11N5O.CH3I.CH4N2O/c1-3-20-14(16)11-6-12-13(10-4-5-19-9-10)8-18(2)15(12)17-7-11;1-19-6-12(9-2-3-20-7-9)11-4-10(5-15-14(11)19)13-16-8-17-18-13;1-2;2-3-1-4/h4-9,16H,3H2,1-2H3;2-8H,1H3,(H,16,17,18);1H3;1H,2H2,(H,3,4). The summed E-state index contributed by atoms with van der Waals surface area (Å²) < 4.78 is 19.5. The van der Waals surface area contributed by atoms with Crippen LogP contribution >= 0.6 is 22.6 Å². The van der Waals surface area contributed by atoms with Crippen molar-refractivity contribution >= 4 is 57.0 Å². The molecule has 0 radical (unpaired) electrons. The summed E-state index contributed by atoms with van der Waals surface area (Å²) in [6.07, 6.45) is 16.2. The highest BCUT2D eigenvalue weighted by Crippen LogP contribution is 2.32. The third-order valence-electron chi connectivity index (χ3n) is 6.60. The molecule has 0 aliphatic rings. The molecule has 1 amide bonds. The Kier molecular flexibility index (Phi) is 11.8. The molecule has 0 fully saturated rings. The number of H-pyrrole nitrogens is 1. The number of nitrogens with zero attached hydrogens (tertiary/aromatic N) is 6. The number of aromatic nitrogens is 7. The number of halogens is 1. The molecule has 46 heavy (non-hydrogen) atoms. The molecule has 0 saturated carbocycles. The topological polar surface area (TPSA) is 192 Å². The summed E-state index contributed by atoms with van der Waals surface area (Å²) in [6.45, 7) is 2.33. The molecule has 0 aliphatic heterocycles. The van der Waals surface area contributed by atoms with Crippen molar-refractivity contribution in [1.29, 1.82) is 5.41 Å². The molecule has 5 N–H and O–H groups in total. The lowest BCUT2D eigenvalue weighted by molar-refractivity contribution is -0.109. The number of nitrogens with one attached hydrogen (secondary N) is 3. The average Bonchev–Trinajstić information content (AvgIpc) is 3.94. The molecule has 14 nitrogen and oxygen atoms in total. The predicted molar refractivity (Wildman–Crippen MR) is 184 cm³/mol. The minimum Gasteiger partial charge on any atom is -0.478 e. The van der Waals surface area contributed by atoms with E-state index in [0.717, 1.165) is 49.9 Å². The number of ether oxygens (including phenoxy) is 1. The number of carbonyl (C=O) groups excluding carboxylic acids is 1. The molecule has 7 aromatic rings. The van der Waals surface area contributed by atoms with E-state index in [9.17, 15) is 0 Å². The highest BCUT2D eigenvalue weighted by atomic mass is 127. The summed E-state index contributed by atoms with van der Waals surface area (Å²) in [4.78, 5) is 24.0. The predicted octanol–water partition coefficient (Wildman–Crippen LogP) is 5.47. The van der Waals surface area contributed by atoms with Crippen LogP contribution in [0, 0.1) is 5.41 Å². The van der Waals surface area contributed by atoms with Crippen LogP contribution in [0.5, 0.6) is 0 Å². The van der Waals surface area contributed by atoms with Gasteiger partial charge in [0.1, 0.15) is 17.6 Å². The Labute approximate surface area is 277 Å². The van der Waals surface area contributed by atoms with Crippen molar-refractivity contribution in [2.24, 2.45) is 19.9 Å². The molecule has 0 spiro atoms. The number of pyridine rings is 2. The van der Waals surface area contributed by atoms with Gasteiger partial charge in [-0.1, -0.05) is 22.6 Å².